The normalized spacial score (nSPS) is 17.1. The van der Waals surface area contributed by atoms with Gasteiger partial charge in [-0.1, -0.05) is 47.5 Å². The van der Waals surface area contributed by atoms with E-state index in [1.165, 1.54) is 28.6 Å². The molecule has 3 aromatic rings. The lowest BCUT2D eigenvalue weighted by Gasteiger charge is -2.12. The van der Waals surface area contributed by atoms with E-state index in [9.17, 15) is 0 Å². The van der Waals surface area contributed by atoms with Crippen molar-refractivity contribution in [1.82, 2.24) is 9.88 Å². The van der Waals surface area contributed by atoms with Gasteiger partial charge >= 0.3 is 0 Å². The zero-order chi connectivity index (χ0) is 18.8. The van der Waals surface area contributed by atoms with Gasteiger partial charge in [0.1, 0.15) is 0 Å². The fourth-order valence-electron chi connectivity index (χ4n) is 3.91. The van der Waals surface area contributed by atoms with Crippen molar-refractivity contribution in [3.63, 3.8) is 0 Å². The standard InChI is InChI=1S/C22H24Cl2N2O/c1-15-20(13-25-12-18-5-4-10-27-18)19-6-2-3-7-22(19)26(15)14-16-8-9-17(23)11-21(16)24/h2-3,6-9,11,18,25H,4-5,10,12-14H2,1H3/t18-/m0/s1. The topological polar surface area (TPSA) is 26.2 Å². The average Bonchev–Trinajstić information content (AvgIpc) is 3.26. The van der Waals surface area contributed by atoms with Crippen molar-refractivity contribution < 1.29 is 4.74 Å². The van der Waals surface area contributed by atoms with Gasteiger partial charge in [0, 0.05) is 52.9 Å². The number of nitrogens with one attached hydrogen (secondary N) is 1. The monoisotopic (exact) mass is 402 g/mol. The zero-order valence-electron chi connectivity index (χ0n) is 15.5. The van der Waals surface area contributed by atoms with Crippen LogP contribution in [0.25, 0.3) is 10.9 Å². The minimum Gasteiger partial charge on any atom is -0.377 e. The minimum absolute atomic E-state index is 0.353. The summed E-state index contributed by atoms with van der Waals surface area (Å²) in [6, 6.07) is 14.3. The van der Waals surface area contributed by atoms with Crippen LogP contribution in [0.4, 0.5) is 0 Å². The molecule has 1 N–H and O–H groups in total. The molecule has 5 heteroatoms. The van der Waals surface area contributed by atoms with E-state index in [1.807, 2.05) is 18.2 Å². The first-order valence-corrected chi connectivity index (χ1v) is 10.2. The number of para-hydroxylation sites is 1. The molecular weight excluding hydrogens is 379 g/mol. The van der Waals surface area contributed by atoms with Gasteiger partial charge in [0.2, 0.25) is 0 Å². The van der Waals surface area contributed by atoms with E-state index < -0.39 is 0 Å². The summed E-state index contributed by atoms with van der Waals surface area (Å²) >= 11 is 12.5. The lowest BCUT2D eigenvalue weighted by atomic mass is 10.1. The van der Waals surface area contributed by atoms with Crippen LogP contribution in [-0.2, 0) is 17.8 Å². The fourth-order valence-corrected chi connectivity index (χ4v) is 4.38. The van der Waals surface area contributed by atoms with Crippen LogP contribution in [0.1, 0.15) is 29.7 Å². The Morgan fingerprint density at radius 3 is 2.81 bits per heavy atom. The molecule has 0 saturated carbocycles. The highest BCUT2D eigenvalue weighted by molar-refractivity contribution is 6.35. The zero-order valence-corrected chi connectivity index (χ0v) is 17.0. The van der Waals surface area contributed by atoms with E-state index in [1.54, 1.807) is 0 Å². The van der Waals surface area contributed by atoms with Crippen LogP contribution in [-0.4, -0.2) is 23.8 Å². The molecule has 4 rings (SSSR count). The van der Waals surface area contributed by atoms with E-state index in [2.05, 4.69) is 41.1 Å². The highest BCUT2D eigenvalue weighted by atomic mass is 35.5. The summed E-state index contributed by atoms with van der Waals surface area (Å²) < 4.78 is 8.06. The Morgan fingerprint density at radius 2 is 2.04 bits per heavy atom. The third-order valence-electron chi connectivity index (χ3n) is 5.40. The molecule has 1 atom stereocenters. The van der Waals surface area contributed by atoms with E-state index in [0.29, 0.717) is 16.1 Å². The molecule has 2 aromatic carbocycles. The molecule has 0 bridgehead atoms. The van der Waals surface area contributed by atoms with Gasteiger partial charge < -0.3 is 14.6 Å². The molecule has 1 aliphatic heterocycles. The van der Waals surface area contributed by atoms with Gasteiger partial charge in [-0.25, -0.2) is 0 Å². The van der Waals surface area contributed by atoms with Gasteiger partial charge in [-0.2, -0.15) is 0 Å². The predicted molar refractivity (Wildman–Crippen MR) is 113 cm³/mol. The summed E-state index contributed by atoms with van der Waals surface area (Å²) in [5.41, 5.74) is 4.91. The molecule has 1 aliphatic rings. The Hall–Kier alpha value is -1.52. The molecule has 0 spiro atoms. The number of hydrogen-bond acceptors (Lipinski definition) is 2. The molecule has 0 amide bonds. The van der Waals surface area contributed by atoms with Crippen molar-refractivity contribution in [3.05, 3.63) is 69.3 Å². The highest BCUT2D eigenvalue weighted by Crippen LogP contribution is 2.29. The third-order valence-corrected chi connectivity index (χ3v) is 5.99. The average molecular weight is 403 g/mol. The summed E-state index contributed by atoms with van der Waals surface area (Å²) in [4.78, 5) is 0. The van der Waals surface area contributed by atoms with Crippen LogP contribution in [0, 0.1) is 6.92 Å². The van der Waals surface area contributed by atoms with Gasteiger partial charge in [0.25, 0.3) is 0 Å². The van der Waals surface area contributed by atoms with Crippen LogP contribution < -0.4 is 5.32 Å². The molecule has 1 saturated heterocycles. The van der Waals surface area contributed by atoms with E-state index in [-0.39, 0.29) is 0 Å². The number of ether oxygens (including phenoxy) is 1. The largest absolute Gasteiger partial charge is 0.377 e. The maximum Gasteiger partial charge on any atom is 0.0700 e. The number of benzene rings is 2. The number of nitrogens with zero attached hydrogens (tertiary/aromatic N) is 1. The van der Waals surface area contributed by atoms with Crippen LogP contribution in [0.5, 0.6) is 0 Å². The fraction of sp³-hybridized carbons (Fsp3) is 0.364. The lowest BCUT2D eigenvalue weighted by molar-refractivity contribution is 0.110. The Labute approximate surface area is 170 Å². The molecule has 27 heavy (non-hydrogen) atoms. The van der Waals surface area contributed by atoms with Gasteiger partial charge in [-0.05, 0) is 49.1 Å². The lowest BCUT2D eigenvalue weighted by Crippen LogP contribution is -2.26. The van der Waals surface area contributed by atoms with Crippen molar-refractivity contribution >= 4 is 34.1 Å². The summed E-state index contributed by atoms with van der Waals surface area (Å²) in [7, 11) is 0. The number of hydrogen-bond donors (Lipinski definition) is 1. The van der Waals surface area contributed by atoms with Gasteiger partial charge in [-0.15, -0.1) is 0 Å². The van der Waals surface area contributed by atoms with Gasteiger partial charge in [0.15, 0.2) is 0 Å². The van der Waals surface area contributed by atoms with E-state index in [4.69, 9.17) is 27.9 Å². The minimum atomic E-state index is 0.353. The van der Waals surface area contributed by atoms with Crippen molar-refractivity contribution in [2.24, 2.45) is 0 Å². The Kier molecular flexibility index (Phi) is 5.74. The molecule has 3 nitrogen and oxygen atoms in total. The van der Waals surface area contributed by atoms with E-state index >= 15 is 0 Å². The molecule has 0 aliphatic carbocycles. The second kappa shape index (κ2) is 8.24. The second-order valence-corrected chi connectivity index (χ2v) is 8.01. The Bertz CT molecular complexity index is 945. The molecule has 142 valence electrons. The van der Waals surface area contributed by atoms with E-state index in [0.717, 1.165) is 38.2 Å². The number of halogens is 2. The Morgan fingerprint density at radius 1 is 1.19 bits per heavy atom. The van der Waals surface area contributed by atoms with Crippen molar-refractivity contribution in [2.45, 2.75) is 39.0 Å². The van der Waals surface area contributed by atoms with Crippen LogP contribution in [0.15, 0.2) is 42.5 Å². The smallest absolute Gasteiger partial charge is 0.0700 e. The second-order valence-electron chi connectivity index (χ2n) is 7.17. The summed E-state index contributed by atoms with van der Waals surface area (Å²) in [6.45, 7) is 5.56. The number of fused-ring (bicyclic) bond motifs is 1. The maximum absolute atomic E-state index is 6.42. The van der Waals surface area contributed by atoms with Crippen molar-refractivity contribution in [2.75, 3.05) is 13.2 Å². The van der Waals surface area contributed by atoms with Crippen molar-refractivity contribution in [1.29, 1.82) is 0 Å². The summed E-state index contributed by atoms with van der Waals surface area (Å²) in [5.74, 6) is 0. The molecule has 0 radical (unpaired) electrons. The Balaban J connectivity index is 1.61. The summed E-state index contributed by atoms with van der Waals surface area (Å²) in [6.07, 6.45) is 2.68. The first-order valence-electron chi connectivity index (χ1n) is 9.46. The molecule has 1 fully saturated rings. The first-order chi connectivity index (χ1) is 13.1. The van der Waals surface area contributed by atoms with Crippen LogP contribution >= 0.6 is 23.2 Å². The summed E-state index contributed by atoms with van der Waals surface area (Å²) in [5, 5.41) is 6.25. The van der Waals surface area contributed by atoms with Gasteiger partial charge in [-0.3, -0.25) is 0 Å². The predicted octanol–water partition coefficient (Wildman–Crippen LogP) is 5.57. The SMILES string of the molecule is Cc1c(CNC[C@@H]2CCCO2)c2ccccc2n1Cc1ccc(Cl)cc1Cl. The molecule has 1 aromatic heterocycles. The van der Waals surface area contributed by atoms with Crippen LogP contribution in [0.3, 0.4) is 0 Å². The van der Waals surface area contributed by atoms with Gasteiger partial charge in [0.05, 0.1) is 6.10 Å². The number of aromatic nitrogens is 1. The van der Waals surface area contributed by atoms with Crippen molar-refractivity contribution in [3.8, 4) is 0 Å². The third kappa shape index (κ3) is 4.02. The maximum atomic E-state index is 6.42. The molecule has 0 unspecified atom stereocenters. The number of rotatable bonds is 6. The highest BCUT2D eigenvalue weighted by Gasteiger charge is 2.17. The quantitative estimate of drug-likeness (QED) is 0.582. The molecule has 2 heterocycles. The van der Waals surface area contributed by atoms with Crippen LogP contribution in [0.2, 0.25) is 10.0 Å². The molecular formula is C22H24Cl2N2O. The first kappa shape index (κ1) is 18.8.